The minimum Gasteiger partial charge on any atom is -0.467 e. The molecule has 6 heteroatoms. The molecule has 1 atom stereocenters. The lowest BCUT2D eigenvalue weighted by molar-refractivity contribution is 0.0599. The highest BCUT2D eigenvalue weighted by molar-refractivity contribution is 5.90. The summed E-state index contributed by atoms with van der Waals surface area (Å²) < 4.78 is 10.0. The van der Waals surface area contributed by atoms with Gasteiger partial charge in [-0.15, -0.1) is 0 Å². The normalized spacial score (nSPS) is 12.0. The lowest BCUT2D eigenvalue weighted by Gasteiger charge is -2.17. The van der Waals surface area contributed by atoms with E-state index in [1.807, 2.05) is 6.07 Å². The Hall–Kier alpha value is -2.34. The highest BCUT2D eigenvalue weighted by Crippen LogP contribution is 2.22. The molecule has 2 N–H and O–H groups in total. The molecule has 0 fully saturated rings. The molecule has 0 radical (unpaired) electrons. The van der Waals surface area contributed by atoms with Gasteiger partial charge < -0.3 is 19.6 Å². The van der Waals surface area contributed by atoms with Crippen molar-refractivity contribution in [3.63, 3.8) is 0 Å². The Morgan fingerprint density at radius 2 is 2.29 bits per heavy atom. The lowest BCUT2D eigenvalue weighted by atomic mass is 10.1. The minimum atomic E-state index is -0.413. The van der Waals surface area contributed by atoms with E-state index in [4.69, 9.17) is 9.52 Å². The largest absolute Gasteiger partial charge is 0.467 e. The van der Waals surface area contributed by atoms with Gasteiger partial charge in [-0.3, -0.25) is 0 Å². The van der Waals surface area contributed by atoms with E-state index < -0.39 is 5.97 Å². The molecule has 0 aliphatic rings. The molecule has 21 heavy (non-hydrogen) atoms. The number of carbonyl (C=O) groups excluding carboxylic acids is 1. The number of carbonyl (C=O) groups is 1. The van der Waals surface area contributed by atoms with Gasteiger partial charge in [-0.2, -0.15) is 0 Å². The predicted octanol–water partition coefficient (Wildman–Crippen LogP) is 2.31. The van der Waals surface area contributed by atoms with Gasteiger partial charge in [0.15, 0.2) is 0 Å². The topological polar surface area (TPSA) is 84.6 Å². The van der Waals surface area contributed by atoms with Gasteiger partial charge in [0.25, 0.3) is 0 Å². The van der Waals surface area contributed by atoms with E-state index in [-0.39, 0.29) is 12.6 Å². The number of esters is 1. The molecule has 0 aliphatic heterocycles. The van der Waals surface area contributed by atoms with Gasteiger partial charge in [0.2, 0.25) is 0 Å². The van der Waals surface area contributed by atoms with Crippen LogP contribution in [-0.4, -0.2) is 29.8 Å². The molecule has 6 nitrogen and oxygen atoms in total. The van der Waals surface area contributed by atoms with Crippen LogP contribution >= 0.6 is 0 Å². The number of aliphatic hydroxyl groups is 1. The molecule has 0 saturated heterocycles. The van der Waals surface area contributed by atoms with E-state index in [2.05, 4.69) is 15.0 Å². The predicted molar refractivity (Wildman–Crippen MR) is 77.1 cm³/mol. The Morgan fingerprint density at radius 3 is 2.86 bits per heavy atom. The molecule has 0 aliphatic carbocycles. The molecule has 2 rings (SSSR count). The fraction of sp³-hybridized carbons (Fsp3) is 0.333. The average molecular weight is 290 g/mol. The zero-order valence-electron chi connectivity index (χ0n) is 12.0. The third-order valence-corrected chi connectivity index (χ3v) is 3.12. The molecule has 0 amide bonds. The van der Waals surface area contributed by atoms with Crippen molar-refractivity contribution in [2.24, 2.45) is 0 Å². The number of methoxy groups -OCH3 is 1. The Labute approximate surface area is 122 Å². The van der Waals surface area contributed by atoms with E-state index in [0.29, 0.717) is 23.5 Å². The third-order valence-electron chi connectivity index (χ3n) is 3.12. The van der Waals surface area contributed by atoms with Crippen LogP contribution < -0.4 is 5.32 Å². The van der Waals surface area contributed by atoms with E-state index in [1.54, 1.807) is 31.4 Å². The molecule has 112 valence electrons. The van der Waals surface area contributed by atoms with Crippen molar-refractivity contribution in [3.8, 4) is 0 Å². The Balaban J connectivity index is 2.18. The van der Waals surface area contributed by atoms with Crippen LogP contribution in [0.2, 0.25) is 0 Å². The molecule has 2 aromatic heterocycles. The summed E-state index contributed by atoms with van der Waals surface area (Å²) in [7, 11) is 1.34. The standard InChI is InChI=1S/C15H18N2O4/c1-10-11(15(19)20-2)5-6-14(16-10)17-12(7-8-18)13-4-3-9-21-13/h3-6,9,12,18H,7-8H2,1-2H3,(H,16,17). The van der Waals surface area contributed by atoms with Gasteiger partial charge in [-0.05, 0) is 37.6 Å². The summed E-state index contributed by atoms with van der Waals surface area (Å²) >= 11 is 0. The Morgan fingerprint density at radius 1 is 1.48 bits per heavy atom. The quantitative estimate of drug-likeness (QED) is 0.794. The fourth-order valence-electron chi connectivity index (χ4n) is 2.05. The number of aliphatic hydroxyl groups excluding tert-OH is 1. The van der Waals surface area contributed by atoms with Crippen LogP contribution in [0.15, 0.2) is 34.9 Å². The van der Waals surface area contributed by atoms with Crippen LogP contribution in [0.3, 0.4) is 0 Å². The Bertz CT molecular complexity index is 596. The SMILES string of the molecule is COC(=O)c1ccc(NC(CCO)c2ccco2)nc1C. The van der Waals surface area contributed by atoms with Crippen LogP contribution in [-0.2, 0) is 4.74 Å². The van der Waals surface area contributed by atoms with Crippen molar-refractivity contribution < 1.29 is 19.1 Å². The first-order valence-electron chi connectivity index (χ1n) is 6.62. The van der Waals surface area contributed by atoms with Crippen LogP contribution in [0.25, 0.3) is 0 Å². The van der Waals surface area contributed by atoms with Crippen LogP contribution in [0.4, 0.5) is 5.82 Å². The molecule has 0 spiro atoms. The first-order valence-corrected chi connectivity index (χ1v) is 6.62. The maximum atomic E-state index is 11.5. The summed E-state index contributed by atoms with van der Waals surface area (Å²) in [5.74, 6) is 0.917. The maximum absolute atomic E-state index is 11.5. The molecule has 0 aromatic carbocycles. The zero-order chi connectivity index (χ0) is 15.2. The van der Waals surface area contributed by atoms with Crippen molar-refractivity contribution >= 4 is 11.8 Å². The number of ether oxygens (including phenoxy) is 1. The van der Waals surface area contributed by atoms with Crippen molar-refractivity contribution in [1.82, 2.24) is 4.98 Å². The summed E-state index contributed by atoms with van der Waals surface area (Å²) in [6, 6.07) is 6.81. The summed E-state index contributed by atoms with van der Waals surface area (Å²) in [4.78, 5) is 15.9. The number of nitrogens with zero attached hydrogens (tertiary/aromatic N) is 1. The minimum absolute atomic E-state index is 0.0254. The van der Waals surface area contributed by atoms with Crippen molar-refractivity contribution in [2.75, 3.05) is 19.0 Å². The number of nitrogens with one attached hydrogen (secondary N) is 1. The first-order chi connectivity index (χ1) is 10.2. The molecule has 2 aromatic rings. The number of aromatic nitrogens is 1. The van der Waals surface area contributed by atoms with Crippen LogP contribution in [0.5, 0.6) is 0 Å². The number of rotatable bonds is 6. The highest BCUT2D eigenvalue weighted by atomic mass is 16.5. The molecular formula is C15H18N2O4. The smallest absolute Gasteiger partial charge is 0.339 e. The summed E-state index contributed by atoms with van der Waals surface area (Å²) in [6.07, 6.45) is 2.08. The molecule has 0 bridgehead atoms. The van der Waals surface area contributed by atoms with Gasteiger partial charge in [0, 0.05) is 6.61 Å². The van der Waals surface area contributed by atoms with Crippen molar-refractivity contribution in [3.05, 3.63) is 47.5 Å². The van der Waals surface area contributed by atoms with Gasteiger partial charge in [0.1, 0.15) is 11.6 Å². The summed E-state index contributed by atoms with van der Waals surface area (Å²) in [5, 5.41) is 12.3. The van der Waals surface area contributed by atoms with Gasteiger partial charge >= 0.3 is 5.97 Å². The van der Waals surface area contributed by atoms with E-state index in [1.165, 1.54) is 7.11 Å². The molecule has 0 saturated carbocycles. The average Bonchev–Trinajstić information content (AvgIpc) is 3.00. The van der Waals surface area contributed by atoms with E-state index >= 15 is 0 Å². The van der Waals surface area contributed by atoms with Crippen molar-refractivity contribution in [1.29, 1.82) is 0 Å². The highest BCUT2D eigenvalue weighted by Gasteiger charge is 2.16. The molecule has 1 unspecified atom stereocenters. The van der Waals surface area contributed by atoms with Crippen molar-refractivity contribution in [2.45, 2.75) is 19.4 Å². The second kappa shape index (κ2) is 6.90. The monoisotopic (exact) mass is 290 g/mol. The number of hydrogen-bond donors (Lipinski definition) is 2. The number of hydrogen-bond acceptors (Lipinski definition) is 6. The van der Waals surface area contributed by atoms with E-state index in [0.717, 1.165) is 5.76 Å². The lowest BCUT2D eigenvalue weighted by Crippen LogP contribution is -2.14. The van der Waals surface area contributed by atoms with Crippen LogP contribution in [0.1, 0.15) is 34.3 Å². The summed E-state index contributed by atoms with van der Waals surface area (Å²) in [5.41, 5.74) is 1.01. The molecular weight excluding hydrogens is 272 g/mol. The second-order valence-electron chi connectivity index (χ2n) is 4.55. The number of aryl methyl sites for hydroxylation is 1. The summed E-state index contributed by atoms with van der Waals surface area (Å²) in [6.45, 7) is 1.77. The van der Waals surface area contributed by atoms with E-state index in [9.17, 15) is 4.79 Å². The first kappa shape index (κ1) is 15.1. The number of anilines is 1. The maximum Gasteiger partial charge on any atom is 0.339 e. The Kier molecular flexibility index (Phi) is 4.94. The number of pyridine rings is 1. The van der Waals surface area contributed by atoms with Gasteiger partial charge in [0.05, 0.1) is 30.7 Å². The third kappa shape index (κ3) is 3.61. The zero-order valence-corrected chi connectivity index (χ0v) is 12.0. The molecule has 2 heterocycles. The number of furan rings is 1. The van der Waals surface area contributed by atoms with Gasteiger partial charge in [-0.1, -0.05) is 0 Å². The fourth-order valence-corrected chi connectivity index (χ4v) is 2.05. The second-order valence-corrected chi connectivity index (χ2v) is 4.55. The van der Waals surface area contributed by atoms with Gasteiger partial charge in [-0.25, -0.2) is 9.78 Å². The van der Waals surface area contributed by atoms with Crippen LogP contribution in [0, 0.1) is 6.92 Å².